The molecule has 0 radical (unpaired) electrons. The van der Waals surface area contributed by atoms with Crippen LogP contribution < -0.4 is 10.6 Å². The van der Waals surface area contributed by atoms with E-state index in [0.717, 1.165) is 18.8 Å². The quantitative estimate of drug-likeness (QED) is 0.883. The van der Waals surface area contributed by atoms with E-state index in [9.17, 15) is 0 Å². The first-order valence-electron chi connectivity index (χ1n) is 5.29. The predicted octanol–water partition coefficient (Wildman–Crippen LogP) is 2.75. The third-order valence-electron chi connectivity index (χ3n) is 2.43. The Morgan fingerprint density at radius 3 is 2.62 bits per heavy atom. The molecule has 2 aromatic rings. The molecule has 2 rings (SSSR count). The van der Waals surface area contributed by atoms with Gasteiger partial charge in [-0.3, -0.25) is 0 Å². The summed E-state index contributed by atoms with van der Waals surface area (Å²) in [5, 5.41) is 2.65. The molecule has 0 amide bonds. The van der Waals surface area contributed by atoms with E-state index in [0.29, 0.717) is 5.13 Å². The van der Waals surface area contributed by atoms with Crippen LogP contribution in [0.15, 0.2) is 35.7 Å². The summed E-state index contributed by atoms with van der Waals surface area (Å²) in [6.07, 6.45) is 0. The molecular weight excluding hydrogens is 218 g/mol. The molecule has 1 aromatic carbocycles. The molecule has 1 heterocycles. The Balaban J connectivity index is 2.12. The van der Waals surface area contributed by atoms with E-state index < -0.39 is 0 Å². The van der Waals surface area contributed by atoms with Gasteiger partial charge in [0.05, 0.1) is 12.2 Å². The third-order valence-corrected chi connectivity index (χ3v) is 3.15. The normalized spacial score (nSPS) is 10.3. The van der Waals surface area contributed by atoms with Gasteiger partial charge < -0.3 is 10.6 Å². The highest BCUT2D eigenvalue weighted by Gasteiger charge is 2.06. The van der Waals surface area contributed by atoms with Crippen molar-refractivity contribution in [3.8, 4) is 0 Å². The average Bonchev–Trinajstić information content (AvgIpc) is 2.73. The molecule has 0 atom stereocenters. The Bertz CT molecular complexity index is 439. The summed E-state index contributed by atoms with van der Waals surface area (Å²) in [6, 6.07) is 10.3. The van der Waals surface area contributed by atoms with E-state index in [2.05, 4.69) is 28.9 Å². The van der Waals surface area contributed by atoms with Gasteiger partial charge >= 0.3 is 0 Å². The van der Waals surface area contributed by atoms with Crippen LogP contribution in [0.5, 0.6) is 0 Å². The van der Waals surface area contributed by atoms with Crippen LogP contribution in [-0.4, -0.2) is 11.5 Å². The fraction of sp³-hybridized carbons (Fsp3) is 0.250. The van der Waals surface area contributed by atoms with Crippen molar-refractivity contribution in [3.05, 3.63) is 41.4 Å². The van der Waals surface area contributed by atoms with Crippen molar-refractivity contribution < 1.29 is 0 Å². The Morgan fingerprint density at radius 2 is 2.06 bits per heavy atom. The molecule has 0 bridgehead atoms. The molecular formula is C12H15N3S. The predicted molar refractivity (Wildman–Crippen MR) is 69.7 cm³/mol. The van der Waals surface area contributed by atoms with Crippen LogP contribution in [0.4, 0.5) is 10.8 Å². The molecule has 4 heteroatoms. The minimum atomic E-state index is 0.638. The molecule has 0 aliphatic rings. The van der Waals surface area contributed by atoms with Gasteiger partial charge in [0.2, 0.25) is 0 Å². The first kappa shape index (κ1) is 11.0. The molecule has 2 N–H and O–H groups in total. The molecule has 0 saturated carbocycles. The lowest BCUT2D eigenvalue weighted by Gasteiger charge is -2.21. The van der Waals surface area contributed by atoms with Gasteiger partial charge in [-0.1, -0.05) is 18.2 Å². The molecule has 0 unspecified atom stereocenters. The van der Waals surface area contributed by atoms with Gasteiger partial charge in [-0.05, 0) is 19.1 Å². The summed E-state index contributed by atoms with van der Waals surface area (Å²) in [6.45, 7) is 3.92. The summed E-state index contributed by atoms with van der Waals surface area (Å²) in [5.41, 5.74) is 7.88. The monoisotopic (exact) mass is 233 g/mol. The van der Waals surface area contributed by atoms with Crippen LogP contribution in [-0.2, 0) is 6.54 Å². The van der Waals surface area contributed by atoms with Gasteiger partial charge in [0.1, 0.15) is 0 Å². The van der Waals surface area contributed by atoms with Crippen LogP contribution in [0.1, 0.15) is 12.6 Å². The molecule has 0 aliphatic carbocycles. The number of thiazole rings is 1. The molecule has 16 heavy (non-hydrogen) atoms. The first-order chi connectivity index (χ1) is 7.79. The summed E-state index contributed by atoms with van der Waals surface area (Å²) in [7, 11) is 0. The molecule has 84 valence electrons. The summed E-state index contributed by atoms with van der Waals surface area (Å²) in [4.78, 5) is 6.55. The Kier molecular flexibility index (Phi) is 3.41. The number of hydrogen-bond acceptors (Lipinski definition) is 4. The highest BCUT2D eigenvalue weighted by molar-refractivity contribution is 7.13. The van der Waals surface area contributed by atoms with Crippen molar-refractivity contribution in [2.45, 2.75) is 13.5 Å². The second-order valence-corrected chi connectivity index (χ2v) is 4.42. The fourth-order valence-corrected chi connectivity index (χ4v) is 2.17. The van der Waals surface area contributed by atoms with Crippen LogP contribution in [0.25, 0.3) is 0 Å². The maximum atomic E-state index is 5.62. The lowest BCUT2D eigenvalue weighted by molar-refractivity contribution is 0.816. The van der Waals surface area contributed by atoms with E-state index in [1.807, 2.05) is 23.6 Å². The number of nitrogens with zero attached hydrogens (tertiary/aromatic N) is 2. The van der Waals surface area contributed by atoms with Crippen LogP contribution in [0, 0.1) is 0 Å². The number of aromatic nitrogens is 1. The molecule has 0 fully saturated rings. The van der Waals surface area contributed by atoms with Gasteiger partial charge in [-0.25, -0.2) is 4.98 Å². The zero-order valence-corrected chi connectivity index (χ0v) is 10.1. The number of para-hydroxylation sites is 1. The number of benzene rings is 1. The third kappa shape index (κ3) is 2.52. The molecule has 0 aliphatic heterocycles. The highest BCUT2D eigenvalue weighted by Crippen LogP contribution is 2.18. The second kappa shape index (κ2) is 4.99. The zero-order valence-electron chi connectivity index (χ0n) is 9.26. The Hall–Kier alpha value is -1.55. The summed E-state index contributed by atoms with van der Waals surface area (Å²) >= 11 is 1.49. The standard InChI is InChI=1S/C12H15N3S/c1-2-15(11-6-4-3-5-7-11)8-10-9-16-12(13)14-10/h3-7,9H,2,8H2,1H3,(H2,13,14). The van der Waals surface area contributed by atoms with E-state index >= 15 is 0 Å². The minimum absolute atomic E-state index is 0.638. The van der Waals surface area contributed by atoms with Crippen LogP contribution in [0.3, 0.4) is 0 Å². The Labute approximate surface area is 99.5 Å². The first-order valence-corrected chi connectivity index (χ1v) is 6.17. The number of nitrogen functional groups attached to an aromatic ring is 1. The largest absolute Gasteiger partial charge is 0.375 e. The van der Waals surface area contributed by atoms with E-state index in [1.54, 1.807) is 0 Å². The van der Waals surface area contributed by atoms with Gasteiger partial charge in [0.25, 0.3) is 0 Å². The smallest absolute Gasteiger partial charge is 0.180 e. The van der Waals surface area contributed by atoms with Crippen molar-refractivity contribution >= 4 is 22.2 Å². The average molecular weight is 233 g/mol. The maximum Gasteiger partial charge on any atom is 0.180 e. The molecule has 1 aromatic heterocycles. The lowest BCUT2D eigenvalue weighted by Crippen LogP contribution is -2.22. The number of rotatable bonds is 4. The fourth-order valence-electron chi connectivity index (χ4n) is 1.62. The van der Waals surface area contributed by atoms with Gasteiger partial charge in [0, 0.05) is 17.6 Å². The zero-order chi connectivity index (χ0) is 11.4. The minimum Gasteiger partial charge on any atom is -0.375 e. The molecule has 3 nitrogen and oxygen atoms in total. The number of anilines is 2. The highest BCUT2D eigenvalue weighted by atomic mass is 32.1. The van der Waals surface area contributed by atoms with Crippen molar-refractivity contribution in [1.82, 2.24) is 4.98 Å². The van der Waals surface area contributed by atoms with E-state index in [-0.39, 0.29) is 0 Å². The summed E-state index contributed by atoms with van der Waals surface area (Å²) in [5.74, 6) is 0. The lowest BCUT2D eigenvalue weighted by atomic mass is 10.3. The van der Waals surface area contributed by atoms with Crippen molar-refractivity contribution in [1.29, 1.82) is 0 Å². The molecule has 0 spiro atoms. The molecule has 0 saturated heterocycles. The van der Waals surface area contributed by atoms with Crippen LogP contribution in [0.2, 0.25) is 0 Å². The van der Waals surface area contributed by atoms with E-state index in [1.165, 1.54) is 17.0 Å². The summed E-state index contributed by atoms with van der Waals surface area (Å²) < 4.78 is 0. The number of hydrogen-bond donors (Lipinski definition) is 1. The van der Waals surface area contributed by atoms with Crippen molar-refractivity contribution in [2.75, 3.05) is 17.2 Å². The maximum absolute atomic E-state index is 5.62. The Morgan fingerprint density at radius 1 is 1.31 bits per heavy atom. The van der Waals surface area contributed by atoms with Gasteiger partial charge in [0.15, 0.2) is 5.13 Å². The van der Waals surface area contributed by atoms with E-state index in [4.69, 9.17) is 5.73 Å². The van der Waals surface area contributed by atoms with Crippen molar-refractivity contribution in [2.24, 2.45) is 0 Å². The topological polar surface area (TPSA) is 42.1 Å². The number of nitrogens with two attached hydrogens (primary N) is 1. The van der Waals surface area contributed by atoms with Gasteiger partial charge in [-0.2, -0.15) is 0 Å². The SMILES string of the molecule is CCN(Cc1csc(N)n1)c1ccccc1. The van der Waals surface area contributed by atoms with Crippen LogP contribution >= 0.6 is 11.3 Å². The van der Waals surface area contributed by atoms with Crippen molar-refractivity contribution in [3.63, 3.8) is 0 Å². The second-order valence-electron chi connectivity index (χ2n) is 3.53. The van der Waals surface area contributed by atoms with Gasteiger partial charge in [-0.15, -0.1) is 11.3 Å².